The summed E-state index contributed by atoms with van der Waals surface area (Å²) in [7, 11) is 1.67. The highest BCUT2D eigenvalue weighted by Crippen LogP contribution is 2.38. The molecule has 0 saturated carbocycles. The zero-order valence-corrected chi connectivity index (χ0v) is 13.7. The highest BCUT2D eigenvalue weighted by Gasteiger charge is 2.24. The fourth-order valence-corrected chi connectivity index (χ4v) is 3.87. The molecule has 2 rings (SSSR count). The summed E-state index contributed by atoms with van der Waals surface area (Å²) in [5.41, 5.74) is 0.975. The normalized spacial score (nSPS) is 15.1. The topological polar surface area (TPSA) is 23.5 Å². The van der Waals surface area contributed by atoms with E-state index in [2.05, 4.69) is 49.6 Å². The minimum Gasteiger partial charge on any atom is -0.387 e. The Morgan fingerprint density at radius 1 is 0.952 bits per heavy atom. The van der Waals surface area contributed by atoms with Gasteiger partial charge in [0.25, 0.3) is 0 Å². The zero-order valence-electron chi connectivity index (χ0n) is 12.8. The molecule has 21 heavy (non-hydrogen) atoms. The molecule has 0 saturated heterocycles. The van der Waals surface area contributed by atoms with E-state index in [0.717, 1.165) is 5.56 Å². The maximum Gasteiger partial charge on any atom is 0.0945 e. The average Bonchev–Trinajstić information content (AvgIpc) is 2.53. The number of nitrogens with zero attached hydrogens (tertiary/aromatic N) is 1. The lowest BCUT2D eigenvalue weighted by molar-refractivity contribution is 0.110. The second-order valence-corrected chi connectivity index (χ2v) is 7.22. The molecule has 0 bridgehead atoms. The molecule has 0 fully saturated rings. The third-order valence-electron chi connectivity index (χ3n) is 3.79. The van der Waals surface area contributed by atoms with E-state index in [0.29, 0.717) is 0 Å². The van der Waals surface area contributed by atoms with Crippen LogP contribution in [0.3, 0.4) is 0 Å². The first kappa shape index (κ1) is 17.9. The van der Waals surface area contributed by atoms with E-state index in [-0.39, 0.29) is 14.5 Å². The Labute approximate surface area is 131 Å². The van der Waals surface area contributed by atoms with Gasteiger partial charge in [-0.1, -0.05) is 60.7 Å². The predicted octanol–water partition coefficient (Wildman–Crippen LogP) is 3.01. The standard InChI is InChI=1S/C17H22NOP.B/c1-14(17(19)15-10-6-4-7-11-15)18(2)20(3)16-12-8-5-9-13-16;/h4-14,17,19H,1-3H3;/t14-,17-,20-;/m1./s1. The molecule has 2 nitrogen and oxygen atoms in total. The van der Waals surface area contributed by atoms with Crippen LogP contribution in [0.15, 0.2) is 60.7 Å². The molecule has 0 unspecified atom stereocenters. The SMILES string of the molecule is C[C@H]([C@@H](O)c1ccccc1)N(C)[P@](C)c1ccccc1.[B]. The van der Waals surface area contributed by atoms with Gasteiger partial charge in [0.1, 0.15) is 0 Å². The molecule has 109 valence electrons. The van der Waals surface area contributed by atoms with Gasteiger partial charge in [0.15, 0.2) is 0 Å². The number of likely N-dealkylation sites (N-methyl/N-ethyl adjacent to an activating group) is 1. The van der Waals surface area contributed by atoms with Gasteiger partial charge in [-0.3, -0.25) is 4.67 Å². The number of rotatable bonds is 5. The summed E-state index contributed by atoms with van der Waals surface area (Å²) in [6.07, 6.45) is -0.463. The third-order valence-corrected chi connectivity index (χ3v) is 6.15. The van der Waals surface area contributed by atoms with Crippen molar-refractivity contribution in [3.05, 3.63) is 66.2 Å². The number of hydrogen-bond acceptors (Lipinski definition) is 2. The van der Waals surface area contributed by atoms with Crippen molar-refractivity contribution in [2.45, 2.75) is 19.1 Å². The summed E-state index contributed by atoms with van der Waals surface area (Å²) in [5, 5.41) is 11.9. The minimum atomic E-state index is -0.463. The lowest BCUT2D eigenvalue weighted by atomic mass is 10.0. The van der Waals surface area contributed by atoms with Gasteiger partial charge in [-0.25, -0.2) is 0 Å². The lowest BCUT2D eigenvalue weighted by Crippen LogP contribution is -2.32. The zero-order chi connectivity index (χ0) is 14.5. The molecule has 1 N–H and O–H groups in total. The molecule has 2 aromatic carbocycles. The smallest absolute Gasteiger partial charge is 0.0945 e. The van der Waals surface area contributed by atoms with E-state index in [1.54, 1.807) is 0 Å². The van der Waals surface area contributed by atoms with Crippen LogP contribution in [-0.4, -0.2) is 37.9 Å². The van der Waals surface area contributed by atoms with Gasteiger partial charge in [0.05, 0.1) is 6.10 Å². The van der Waals surface area contributed by atoms with E-state index in [1.165, 1.54) is 5.30 Å². The lowest BCUT2D eigenvalue weighted by Gasteiger charge is -2.34. The van der Waals surface area contributed by atoms with E-state index in [9.17, 15) is 5.11 Å². The molecule has 0 amide bonds. The molecule has 0 aromatic heterocycles. The van der Waals surface area contributed by atoms with E-state index < -0.39 is 14.2 Å². The van der Waals surface area contributed by atoms with Crippen molar-refractivity contribution in [1.29, 1.82) is 0 Å². The summed E-state index contributed by atoms with van der Waals surface area (Å²) in [6, 6.07) is 20.4. The molecule has 0 heterocycles. The van der Waals surface area contributed by atoms with Gasteiger partial charge in [0, 0.05) is 14.5 Å². The summed E-state index contributed by atoms with van der Waals surface area (Å²) in [6.45, 7) is 4.32. The van der Waals surface area contributed by atoms with Crippen molar-refractivity contribution in [3.8, 4) is 0 Å². The van der Waals surface area contributed by atoms with Crippen molar-refractivity contribution in [2.24, 2.45) is 0 Å². The van der Waals surface area contributed by atoms with E-state index in [1.807, 2.05) is 36.4 Å². The molecule has 4 heteroatoms. The Hall–Kier alpha value is -1.15. The van der Waals surface area contributed by atoms with Crippen molar-refractivity contribution in [3.63, 3.8) is 0 Å². The summed E-state index contributed by atoms with van der Waals surface area (Å²) < 4.78 is 2.28. The van der Waals surface area contributed by atoms with Crippen LogP contribution in [0.2, 0.25) is 0 Å². The first-order valence-electron chi connectivity index (χ1n) is 6.86. The number of benzene rings is 2. The van der Waals surface area contributed by atoms with Gasteiger partial charge in [-0.2, -0.15) is 0 Å². The molecule has 0 aliphatic heterocycles. The van der Waals surface area contributed by atoms with Crippen LogP contribution in [0, 0.1) is 0 Å². The maximum atomic E-state index is 10.5. The van der Waals surface area contributed by atoms with E-state index in [4.69, 9.17) is 0 Å². The fourth-order valence-electron chi connectivity index (χ4n) is 2.23. The Bertz CT molecular complexity index is 473. The first-order valence-corrected chi connectivity index (χ1v) is 8.60. The fraction of sp³-hybridized carbons (Fsp3) is 0.294. The number of aliphatic hydroxyl groups is 1. The molecule has 3 radical (unpaired) electrons. The largest absolute Gasteiger partial charge is 0.387 e. The van der Waals surface area contributed by atoms with E-state index >= 15 is 0 Å². The second-order valence-electron chi connectivity index (χ2n) is 5.03. The molecule has 0 spiro atoms. The molecular formula is C17H22BNOP. The Kier molecular flexibility index (Phi) is 7.11. The van der Waals surface area contributed by atoms with Crippen LogP contribution >= 0.6 is 8.07 Å². The Morgan fingerprint density at radius 3 is 1.95 bits per heavy atom. The number of aliphatic hydroxyl groups excluding tert-OH is 1. The Balaban J connectivity index is 0.00000220. The first-order chi connectivity index (χ1) is 9.61. The summed E-state index contributed by atoms with van der Waals surface area (Å²) >= 11 is 0. The highest BCUT2D eigenvalue weighted by atomic mass is 31.1. The van der Waals surface area contributed by atoms with Crippen molar-refractivity contribution in [2.75, 3.05) is 13.7 Å². The van der Waals surface area contributed by atoms with Crippen molar-refractivity contribution >= 4 is 21.8 Å². The van der Waals surface area contributed by atoms with Crippen LogP contribution in [-0.2, 0) is 0 Å². The molecule has 3 atom stereocenters. The quantitative estimate of drug-likeness (QED) is 0.677. The number of hydrogen-bond donors (Lipinski definition) is 1. The molecular weight excluding hydrogens is 276 g/mol. The van der Waals surface area contributed by atoms with Crippen molar-refractivity contribution in [1.82, 2.24) is 4.67 Å². The molecule has 2 aromatic rings. The van der Waals surface area contributed by atoms with Crippen LogP contribution in [0.25, 0.3) is 0 Å². The predicted molar refractivity (Wildman–Crippen MR) is 93.3 cm³/mol. The van der Waals surface area contributed by atoms with Crippen LogP contribution in [0.1, 0.15) is 18.6 Å². The van der Waals surface area contributed by atoms with Crippen LogP contribution < -0.4 is 5.30 Å². The van der Waals surface area contributed by atoms with Gasteiger partial charge in [-0.05, 0) is 39.6 Å². The highest BCUT2D eigenvalue weighted by molar-refractivity contribution is 7.62. The molecule has 0 aliphatic carbocycles. The molecule has 0 aliphatic rings. The minimum absolute atomic E-state index is 0. The third kappa shape index (κ3) is 4.41. The second kappa shape index (κ2) is 8.33. The summed E-state index contributed by atoms with van der Waals surface area (Å²) in [5.74, 6) is 0. The van der Waals surface area contributed by atoms with Crippen LogP contribution in [0.5, 0.6) is 0 Å². The van der Waals surface area contributed by atoms with Gasteiger partial charge in [0.2, 0.25) is 0 Å². The van der Waals surface area contributed by atoms with Gasteiger partial charge in [-0.15, -0.1) is 0 Å². The average molecular weight is 298 g/mol. The Morgan fingerprint density at radius 2 is 1.43 bits per heavy atom. The van der Waals surface area contributed by atoms with Crippen molar-refractivity contribution < 1.29 is 5.11 Å². The monoisotopic (exact) mass is 298 g/mol. The summed E-state index contributed by atoms with van der Waals surface area (Å²) in [4.78, 5) is 0. The van der Waals surface area contributed by atoms with Gasteiger partial charge >= 0.3 is 0 Å². The van der Waals surface area contributed by atoms with Crippen LogP contribution in [0.4, 0.5) is 0 Å². The van der Waals surface area contributed by atoms with Gasteiger partial charge < -0.3 is 5.11 Å². The maximum absolute atomic E-state index is 10.5.